The number of hydrogen-bond acceptors (Lipinski definition) is 3. The fourth-order valence-electron chi connectivity index (χ4n) is 2.31. The molecule has 1 fully saturated rings. The van der Waals surface area contributed by atoms with Crippen LogP contribution < -0.4 is 5.32 Å². The monoisotopic (exact) mass is 199 g/mol. The first-order valence-electron chi connectivity index (χ1n) is 5.67. The predicted molar refractivity (Wildman–Crippen MR) is 61.7 cm³/mol. The third-order valence-electron chi connectivity index (χ3n) is 2.78. The zero-order valence-corrected chi connectivity index (χ0v) is 10.1. The molecule has 0 radical (unpaired) electrons. The highest BCUT2D eigenvalue weighted by Crippen LogP contribution is 2.08. The van der Waals surface area contributed by atoms with Crippen LogP contribution >= 0.6 is 0 Å². The van der Waals surface area contributed by atoms with E-state index in [9.17, 15) is 0 Å². The van der Waals surface area contributed by atoms with Crippen molar-refractivity contribution in [2.75, 3.05) is 40.8 Å². The van der Waals surface area contributed by atoms with Gasteiger partial charge in [0, 0.05) is 25.2 Å². The maximum atomic E-state index is 3.70. The van der Waals surface area contributed by atoms with Gasteiger partial charge in [0.05, 0.1) is 0 Å². The summed E-state index contributed by atoms with van der Waals surface area (Å²) >= 11 is 0. The lowest BCUT2D eigenvalue weighted by Crippen LogP contribution is -2.49. The topological polar surface area (TPSA) is 18.5 Å². The number of nitrogens with zero attached hydrogens (tertiary/aromatic N) is 2. The molecule has 2 unspecified atom stereocenters. The van der Waals surface area contributed by atoms with Gasteiger partial charge in [-0.3, -0.25) is 0 Å². The minimum atomic E-state index is 0.599. The van der Waals surface area contributed by atoms with Gasteiger partial charge in [-0.15, -0.1) is 0 Å². The Balaban J connectivity index is 2.21. The summed E-state index contributed by atoms with van der Waals surface area (Å²) in [6.07, 6.45) is 2.67. The number of hydrogen-bond donors (Lipinski definition) is 1. The van der Waals surface area contributed by atoms with E-state index in [2.05, 4.69) is 43.2 Å². The Morgan fingerprint density at radius 3 is 2.79 bits per heavy atom. The maximum absolute atomic E-state index is 3.70. The third-order valence-corrected chi connectivity index (χ3v) is 2.78. The molecule has 1 aliphatic heterocycles. The number of piperidine rings is 1. The molecule has 1 saturated heterocycles. The Hall–Kier alpha value is -0.120. The van der Waals surface area contributed by atoms with Crippen molar-refractivity contribution in [3.8, 4) is 0 Å². The molecular formula is C11H25N3. The van der Waals surface area contributed by atoms with E-state index < -0.39 is 0 Å². The van der Waals surface area contributed by atoms with E-state index in [-0.39, 0.29) is 0 Å². The molecule has 1 heterocycles. The zero-order valence-electron chi connectivity index (χ0n) is 10.1. The lowest BCUT2D eigenvalue weighted by molar-refractivity contribution is 0.209. The van der Waals surface area contributed by atoms with Gasteiger partial charge in [-0.1, -0.05) is 0 Å². The summed E-state index contributed by atoms with van der Waals surface area (Å²) in [5.74, 6) is 0. The second kappa shape index (κ2) is 5.69. The molecule has 0 saturated carbocycles. The van der Waals surface area contributed by atoms with Crippen LogP contribution in [0.4, 0.5) is 0 Å². The standard InChI is InChI=1S/C11H25N3/c1-10(8-13(2)3)12-11-6-5-7-14(4)9-11/h10-12H,5-9H2,1-4H3. The molecule has 0 aromatic heterocycles. The quantitative estimate of drug-likeness (QED) is 0.716. The van der Waals surface area contributed by atoms with Crippen LogP contribution in [-0.4, -0.2) is 62.7 Å². The number of rotatable bonds is 4. The van der Waals surface area contributed by atoms with Gasteiger partial charge in [-0.25, -0.2) is 0 Å². The van der Waals surface area contributed by atoms with Gasteiger partial charge in [0.15, 0.2) is 0 Å². The fraction of sp³-hybridized carbons (Fsp3) is 1.00. The molecule has 0 spiro atoms. The van der Waals surface area contributed by atoms with Crippen LogP contribution in [0.15, 0.2) is 0 Å². The molecule has 2 atom stereocenters. The average molecular weight is 199 g/mol. The third kappa shape index (κ3) is 4.40. The molecule has 1 aliphatic rings. The van der Waals surface area contributed by atoms with E-state index in [0.717, 1.165) is 6.54 Å². The van der Waals surface area contributed by atoms with E-state index in [4.69, 9.17) is 0 Å². The molecule has 3 nitrogen and oxygen atoms in total. The molecule has 3 heteroatoms. The smallest absolute Gasteiger partial charge is 0.0198 e. The SMILES string of the molecule is CC(CN(C)C)NC1CCCN(C)C1. The Bertz CT molecular complexity index is 159. The summed E-state index contributed by atoms with van der Waals surface area (Å²) in [6, 6.07) is 1.30. The van der Waals surface area contributed by atoms with Crippen LogP contribution in [-0.2, 0) is 0 Å². The zero-order chi connectivity index (χ0) is 10.6. The summed E-state index contributed by atoms with van der Waals surface area (Å²) in [7, 11) is 6.47. The largest absolute Gasteiger partial charge is 0.309 e. The van der Waals surface area contributed by atoms with Gasteiger partial charge in [-0.2, -0.15) is 0 Å². The van der Waals surface area contributed by atoms with Crippen molar-refractivity contribution in [3.63, 3.8) is 0 Å². The van der Waals surface area contributed by atoms with Crippen molar-refractivity contribution >= 4 is 0 Å². The first-order chi connectivity index (χ1) is 6.58. The number of likely N-dealkylation sites (tertiary alicyclic amines) is 1. The minimum Gasteiger partial charge on any atom is -0.309 e. The summed E-state index contributed by atoms with van der Waals surface area (Å²) < 4.78 is 0. The molecule has 0 aliphatic carbocycles. The maximum Gasteiger partial charge on any atom is 0.0198 e. The molecule has 0 aromatic carbocycles. The van der Waals surface area contributed by atoms with Gasteiger partial charge in [0.2, 0.25) is 0 Å². The molecule has 0 bridgehead atoms. The van der Waals surface area contributed by atoms with Crippen molar-refractivity contribution in [1.82, 2.24) is 15.1 Å². The van der Waals surface area contributed by atoms with Gasteiger partial charge >= 0.3 is 0 Å². The van der Waals surface area contributed by atoms with Gasteiger partial charge in [0.25, 0.3) is 0 Å². The lowest BCUT2D eigenvalue weighted by Gasteiger charge is -2.33. The minimum absolute atomic E-state index is 0.599. The Labute approximate surface area is 88.5 Å². The summed E-state index contributed by atoms with van der Waals surface area (Å²) in [5.41, 5.74) is 0. The van der Waals surface area contributed by atoms with Crippen molar-refractivity contribution in [2.45, 2.75) is 31.8 Å². The Kier molecular flexibility index (Phi) is 4.85. The highest BCUT2D eigenvalue weighted by molar-refractivity contribution is 4.79. The summed E-state index contributed by atoms with van der Waals surface area (Å²) in [4.78, 5) is 4.66. The molecule has 0 amide bonds. The van der Waals surface area contributed by atoms with E-state index in [1.54, 1.807) is 0 Å². The van der Waals surface area contributed by atoms with Crippen molar-refractivity contribution in [3.05, 3.63) is 0 Å². The molecule has 84 valence electrons. The van der Waals surface area contributed by atoms with Crippen LogP contribution in [0.5, 0.6) is 0 Å². The van der Waals surface area contributed by atoms with Crippen molar-refractivity contribution in [2.24, 2.45) is 0 Å². The molecule has 0 aromatic rings. The van der Waals surface area contributed by atoms with Crippen LogP contribution in [0.25, 0.3) is 0 Å². The highest BCUT2D eigenvalue weighted by atomic mass is 15.2. The Morgan fingerprint density at radius 1 is 1.50 bits per heavy atom. The van der Waals surface area contributed by atoms with E-state index in [0.29, 0.717) is 12.1 Å². The molecule has 1 rings (SSSR count). The van der Waals surface area contributed by atoms with Crippen LogP contribution in [0.3, 0.4) is 0 Å². The molecule has 1 N–H and O–H groups in total. The Morgan fingerprint density at radius 2 is 2.21 bits per heavy atom. The number of likely N-dealkylation sites (N-methyl/N-ethyl adjacent to an activating group) is 2. The number of nitrogens with one attached hydrogen (secondary N) is 1. The van der Waals surface area contributed by atoms with Crippen molar-refractivity contribution < 1.29 is 0 Å². The van der Waals surface area contributed by atoms with Crippen LogP contribution in [0, 0.1) is 0 Å². The summed E-state index contributed by atoms with van der Waals surface area (Å²) in [6.45, 7) is 5.87. The predicted octanol–water partition coefficient (Wildman–Crippen LogP) is 0.620. The van der Waals surface area contributed by atoms with Gasteiger partial charge in [-0.05, 0) is 47.5 Å². The first kappa shape index (κ1) is 12.0. The first-order valence-corrected chi connectivity index (χ1v) is 5.67. The van der Waals surface area contributed by atoms with Crippen LogP contribution in [0.2, 0.25) is 0 Å². The fourth-order valence-corrected chi connectivity index (χ4v) is 2.31. The van der Waals surface area contributed by atoms with Gasteiger partial charge in [0.1, 0.15) is 0 Å². The second-order valence-electron chi connectivity index (χ2n) is 4.93. The normalized spacial score (nSPS) is 26.8. The molecule has 14 heavy (non-hydrogen) atoms. The summed E-state index contributed by atoms with van der Waals surface area (Å²) in [5, 5.41) is 3.70. The molecular weight excluding hydrogens is 174 g/mol. The average Bonchev–Trinajstić information content (AvgIpc) is 2.01. The van der Waals surface area contributed by atoms with Gasteiger partial charge < -0.3 is 15.1 Å². The van der Waals surface area contributed by atoms with Crippen molar-refractivity contribution in [1.29, 1.82) is 0 Å². The second-order valence-corrected chi connectivity index (χ2v) is 4.93. The van der Waals surface area contributed by atoms with E-state index in [1.165, 1.54) is 25.9 Å². The van der Waals surface area contributed by atoms with Crippen LogP contribution in [0.1, 0.15) is 19.8 Å². The van der Waals surface area contributed by atoms with E-state index >= 15 is 0 Å². The highest BCUT2D eigenvalue weighted by Gasteiger charge is 2.18. The van der Waals surface area contributed by atoms with E-state index in [1.807, 2.05) is 0 Å². The lowest BCUT2D eigenvalue weighted by atomic mass is 10.1.